The number of unbranched alkanes of at least 4 members (excludes halogenated alkanes) is 2. The molecule has 2 amide bonds. The smallest absolute Gasteiger partial charge is 0.657 e. The number of allylic oxidation sites excluding steroid dienone is 2. The van der Waals surface area contributed by atoms with Crippen molar-refractivity contribution in [3.63, 3.8) is 0 Å². The van der Waals surface area contributed by atoms with Crippen LogP contribution in [0.3, 0.4) is 0 Å². The number of hydrogen-bond donors (Lipinski definition) is 3. The van der Waals surface area contributed by atoms with Crippen molar-refractivity contribution in [2.45, 2.75) is 112 Å². The molecule has 3 aromatic rings. The molecule has 8 bridgehead atoms. The molecule has 0 saturated carbocycles. The van der Waals surface area contributed by atoms with E-state index in [9.17, 15) is 19.5 Å². The second kappa shape index (κ2) is 18.0. The van der Waals surface area contributed by atoms with E-state index < -0.39 is 5.97 Å². The van der Waals surface area contributed by atoms with Crippen LogP contribution < -0.4 is 20.6 Å². The van der Waals surface area contributed by atoms with Crippen molar-refractivity contribution in [2.24, 2.45) is 0 Å². The van der Waals surface area contributed by atoms with Crippen LogP contribution in [0.15, 0.2) is 24.8 Å². The third-order valence-corrected chi connectivity index (χ3v) is 10.5. The van der Waals surface area contributed by atoms with Crippen LogP contribution in [-0.4, -0.2) is 45.9 Å². The minimum absolute atomic E-state index is 0. The molecular formula is C42H52CuN6O4. The Morgan fingerprint density at radius 1 is 0.887 bits per heavy atom. The number of fused-ring (bicyclic) bond motifs is 8. The van der Waals surface area contributed by atoms with Crippen molar-refractivity contribution in [3.05, 3.63) is 75.4 Å². The first-order valence-electron chi connectivity index (χ1n) is 18.7. The monoisotopic (exact) mass is 767 g/mol. The van der Waals surface area contributed by atoms with Crippen LogP contribution in [0.5, 0.6) is 0 Å². The molecule has 2 aliphatic heterocycles. The first-order chi connectivity index (χ1) is 24.9. The summed E-state index contributed by atoms with van der Waals surface area (Å²) in [7, 11) is 0. The van der Waals surface area contributed by atoms with E-state index in [0.29, 0.717) is 54.0 Å². The van der Waals surface area contributed by atoms with Crippen molar-refractivity contribution in [1.82, 2.24) is 30.6 Å². The Bertz CT molecular complexity index is 2090. The van der Waals surface area contributed by atoms with E-state index in [-0.39, 0.29) is 64.6 Å². The van der Waals surface area contributed by atoms with Crippen molar-refractivity contribution >= 4 is 57.1 Å². The molecule has 10 nitrogen and oxygen atoms in total. The van der Waals surface area contributed by atoms with Crippen molar-refractivity contribution in [1.29, 1.82) is 0 Å². The Hall–Kier alpha value is -4.47. The Morgan fingerprint density at radius 2 is 1.53 bits per heavy atom. The second-order valence-electron chi connectivity index (χ2n) is 14.0. The molecule has 0 spiro atoms. The number of nitrogens with one attached hydrogen (secondary N) is 2. The fraction of sp³-hybridized carbons (Fsp3) is 0.452. The van der Waals surface area contributed by atoms with Crippen molar-refractivity contribution in [2.75, 3.05) is 13.1 Å². The van der Waals surface area contributed by atoms with E-state index >= 15 is 0 Å². The number of hydrogen-bond acceptors (Lipinski definition) is 5. The molecule has 3 N–H and O–H groups in total. The Morgan fingerprint density at radius 3 is 2.15 bits per heavy atom. The summed E-state index contributed by atoms with van der Waals surface area (Å²) in [5.74, 6) is -1.86. The molecule has 11 heteroatoms. The van der Waals surface area contributed by atoms with E-state index in [1.165, 1.54) is 0 Å². The minimum atomic E-state index is -1.13. The molecule has 2 atom stereocenters. The fourth-order valence-corrected chi connectivity index (χ4v) is 7.34. The summed E-state index contributed by atoms with van der Waals surface area (Å²) in [6, 6.07) is 5.82. The zero-order valence-corrected chi connectivity index (χ0v) is 32.9. The van der Waals surface area contributed by atoms with Gasteiger partial charge < -0.3 is 25.7 Å². The molecule has 1 radical (unpaired) electrons. The summed E-state index contributed by atoms with van der Waals surface area (Å²) in [6.07, 6.45) is 6.76. The Balaban J connectivity index is 0.00000627. The van der Waals surface area contributed by atoms with E-state index in [0.717, 1.165) is 70.4 Å². The van der Waals surface area contributed by atoms with E-state index in [1.54, 1.807) is 6.92 Å². The molecule has 5 heterocycles. The largest absolute Gasteiger partial charge is 2.00 e. The van der Waals surface area contributed by atoms with Crippen LogP contribution in [0.1, 0.15) is 147 Å². The van der Waals surface area contributed by atoms with E-state index in [2.05, 4.69) is 44.9 Å². The number of carbonyl (C=O) groups is 3. The minimum Gasteiger partial charge on any atom is -0.657 e. The van der Waals surface area contributed by atoms with Gasteiger partial charge in [-0.15, -0.1) is 22.1 Å². The van der Waals surface area contributed by atoms with Gasteiger partial charge >= 0.3 is 23.0 Å². The van der Waals surface area contributed by atoms with Gasteiger partial charge in [0.15, 0.2) is 0 Å². The van der Waals surface area contributed by atoms with Gasteiger partial charge in [0.25, 0.3) is 0 Å². The van der Waals surface area contributed by atoms with Crippen molar-refractivity contribution in [3.8, 4) is 0 Å². The van der Waals surface area contributed by atoms with Crippen LogP contribution in [0.25, 0.3) is 39.3 Å². The number of nitrogens with zero attached hydrogens (tertiary/aromatic N) is 4. The molecule has 0 saturated heterocycles. The number of rotatable bonds is 14. The third-order valence-electron chi connectivity index (χ3n) is 10.5. The molecule has 0 aromatic carbocycles. The van der Waals surface area contributed by atoms with Crippen LogP contribution in [0.2, 0.25) is 0 Å². The van der Waals surface area contributed by atoms with Gasteiger partial charge in [0.2, 0.25) is 11.8 Å². The van der Waals surface area contributed by atoms with Gasteiger partial charge in [-0.3, -0.25) is 14.6 Å². The number of amides is 2. The zero-order valence-electron chi connectivity index (χ0n) is 32.0. The maximum absolute atomic E-state index is 13.6. The molecular weight excluding hydrogens is 716 g/mol. The summed E-state index contributed by atoms with van der Waals surface area (Å²) in [4.78, 5) is 60.0. The number of aryl methyl sites for hydroxylation is 2. The van der Waals surface area contributed by atoms with Crippen LogP contribution >= 0.6 is 0 Å². The van der Waals surface area contributed by atoms with Gasteiger partial charge in [0.05, 0.1) is 17.8 Å². The normalized spacial score (nSPS) is 15.2. The number of aromatic carboxylic acids is 1. The molecule has 2 aliphatic rings. The zero-order chi connectivity index (χ0) is 37.7. The molecule has 0 aliphatic carbocycles. The summed E-state index contributed by atoms with van der Waals surface area (Å²) in [6.45, 7) is 19.3. The molecule has 0 fully saturated rings. The Labute approximate surface area is 323 Å². The topological polar surface area (TPSA) is 149 Å². The third kappa shape index (κ3) is 8.68. The van der Waals surface area contributed by atoms with Gasteiger partial charge in [-0.2, -0.15) is 0 Å². The van der Waals surface area contributed by atoms with Crippen LogP contribution in [0, 0.1) is 13.8 Å². The number of carboxylic acids is 1. The standard InChI is InChI=1S/C42H54N6O4.Cu/c1-9-13-17-43-37(49)16-15-29-25(7)33-20-31-23(5)27(11-3)35(45-31)21-32-24(6)28(12-4)36(46-32)22-34-26(8)39(42(51)52)41(48-34)30(40(29)47-33)19-38(50)44-18-14-10-2;/h11,20-22,25,29H,3,9-10,12-19H2,1-2,4-8H3,(H5,43,44,45,46,47,48,49,50,51,52);/q;+2/p-2. The van der Waals surface area contributed by atoms with E-state index in [1.807, 2.05) is 38.1 Å². The predicted molar refractivity (Wildman–Crippen MR) is 208 cm³/mol. The average molecular weight is 768 g/mol. The summed E-state index contributed by atoms with van der Waals surface area (Å²) < 4.78 is 0. The predicted octanol–water partition coefficient (Wildman–Crippen LogP) is 7.91. The number of carboxylic acid groups (broad SMARTS) is 1. The van der Waals surface area contributed by atoms with Crippen LogP contribution in [-0.2, 0) is 33.1 Å². The molecule has 5 rings (SSSR count). The van der Waals surface area contributed by atoms with Gasteiger partial charge in [-0.1, -0.05) is 82.5 Å². The van der Waals surface area contributed by atoms with E-state index in [4.69, 9.17) is 19.9 Å². The summed E-state index contributed by atoms with van der Waals surface area (Å²) in [5, 5.41) is 16.7. The van der Waals surface area contributed by atoms with Gasteiger partial charge in [-0.05, 0) is 68.7 Å². The first-order valence-corrected chi connectivity index (χ1v) is 18.7. The first kappa shape index (κ1) is 41.3. The fourth-order valence-electron chi connectivity index (χ4n) is 7.34. The van der Waals surface area contributed by atoms with Gasteiger partial charge in [-0.25, -0.2) is 9.78 Å². The number of carbonyl (C=O) groups excluding carboxylic acids is 2. The molecule has 2 unspecified atom stereocenters. The number of aromatic nitrogens is 4. The maximum Gasteiger partial charge on any atom is 2.00 e. The SMILES string of the molecule is C=Cc1c(C)c2cc3nc(c(CC(=O)NCCCC)c4[n-]c(cc5nc(cc1[n-]2)C(C)=C5CC)c(C)c4C(=O)O)C(CCC(=O)NCCCC)C3C.[Cu+2]. The second-order valence-corrected chi connectivity index (χ2v) is 14.0. The van der Waals surface area contributed by atoms with Gasteiger partial charge in [0, 0.05) is 48.3 Å². The Kier molecular flexibility index (Phi) is 14.1. The van der Waals surface area contributed by atoms with Crippen molar-refractivity contribution < 1.29 is 36.6 Å². The van der Waals surface area contributed by atoms with Crippen LogP contribution in [0.4, 0.5) is 0 Å². The average Bonchev–Trinajstić information content (AvgIpc) is 3.79. The summed E-state index contributed by atoms with van der Waals surface area (Å²) >= 11 is 0. The van der Waals surface area contributed by atoms with Gasteiger partial charge in [0.1, 0.15) is 0 Å². The summed E-state index contributed by atoms with van der Waals surface area (Å²) in [5.41, 5.74) is 9.95. The quantitative estimate of drug-likeness (QED) is 0.111. The molecule has 285 valence electrons. The molecule has 3 aromatic heterocycles. The molecule has 53 heavy (non-hydrogen) atoms. The maximum atomic E-state index is 13.6.